The summed E-state index contributed by atoms with van der Waals surface area (Å²) in [7, 11) is -3.81. The van der Waals surface area contributed by atoms with Gasteiger partial charge in [0.15, 0.2) is 0 Å². The number of fused-ring (bicyclic) bond motifs is 2. The zero-order valence-corrected chi connectivity index (χ0v) is 22.5. The maximum atomic E-state index is 13.8. The molecule has 8 nitrogen and oxygen atoms in total. The molecule has 0 spiro atoms. The van der Waals surface area contributed by atoms with E-state index in [2.05, 4.69) is 16.5 Å². The number of thiophene rings is 1. The summed E-state index contributed by atoms with van der Waals surface area (Å²) in [5.41, 5.74) is 7.61. The van der Waals surface area contributed by atoms with E-state index in [4.69, 9.17) is 17.3 Å². The number of rotatable bonds is 7. The van der Waals surface area contributed by atoms with Crippen molar-refractivity contribution in [3.63, 3.8) is 0 Å². The molecule has 2 aromatic carbocycles. The third-order valence-electron chi connectivity index (χ3n) is 6.78. The fourth-order valence-corrected chi connectivity index (χ4v) is 8.40. The van der Waals surface area contributed by atoms with Gasteiger partial charge in [-0.1, -0.05) is 29.8 Å². The maximum absolute atomic E-state index is 13.8. The summed E-state index contributed by atoms with van der Waals surface area (Å²) in [4.78, 5) is 23.2. The molecule has 0 aliphatic carbocycles. The quantitative estimate of drug-likeness (QED) is 0.266. The Labute approximate surface area is 224 Å². The van der Waals surface area contributed by atoms with Crippen LogP contribution in [0, 0.1) is 0 Å². The van der Waals surface area contributed by atoms with E-state index in [1.807, 2.05) is 48.2 Å². The molecule has 0 radical (unpaired) electrons. The number of nitrogen functional groups attached to an aromatic ring is 1. The van der Waals surface area contributed by atoms with E-state index >= 15 is 0 Å². The monoisotopic (exact) mass is 555 g/mol. The molecule has 37 heavy (non-hydrogen) atoms. The second kappa shape index (κ2) is 10.1. The van der Waals surface area contributed by atoms with Gasteiger partial charge in [-0.25, -0.2) is 18.4 Å². The molecule has 2 unspecified atom stereocenters. The Bertz CT molecular complexity index is 1610. The standard InChI is InChI=1S/C26H26ClN5O3S2/c1-3-25(24-9-18-5-6-19(27)10-23(18)36-24)37(34,35)31-11-16(2)32(20(13-31)14-33)12-17-4-7-21-22(8-17)29-15-30-26(21)28/h3-10,14-16,20,25H,1,11-13H2,2H3,(H2,28,29,30)/t16-,20?,25?/m0/s1. The molecule has 1 saturated heterocycles. The van der Waals surface area contributed by atoms with Gasteiger partial charge in [-0.15, -0.1) is 17.9 Å². The van der Waals surface area contributed by atoms with Crippen molar-refractivity contribution in [1.29, 1.82) is 0 Å². The Hall–Kier alpha value is -2.89. The highest BCUT2D eigenvalue weighted by molar-refractivity contribution is 7.89. The number of sulfonamides is 1. The molecule has 0 bridgehead atoms. The summed E-state index contributed by atoms with van der Waals surface area (Å²) in [6.07, 6.45) is 3.70. The molecule has 2 aromatic heterocycles. The molecule has 1 aliphatic heterocycles. The molecule has 2 N–H and O–H groups in total. The van der Waals surface area contributed by atoms with Crippen molar-refractivity contribution in [2.75, 3.05) is 18.8 Å². The summed E-state index contributed by atoms with van der Waals surface area (Å²) >= 11 is 7.50. The van der Waals surface area contributed by atoms with Gasteiger partial charge in [-0.3, -0.25) is 4.90 Å². The number of carbonyl (C=O) groups excluding carboxylic acids is 1. The van der Waals surface area contributed by atoms with Crippen LogP contribution >= 0.6 is 22.9 Å². The Morgan fingerprint density at radius 1 is 1.22 bits per heavy atom. The van der Waals surface area contributed by atoms with Gasteiger partial charge < -0.3 is 10.5 Å². The Morgan fingerprint density at radius 2 is 2.03 bits per heavy atom. The average Bonchev–Trinajstić information content (AvgIpc) is 3.27. The number of halogens is 1. The molecule has 0 saturated carbocycles. The summed E-state index contributed by atoms with van der Waals surface area (Å²) < 4.78 is 29.9. The topological polar surface area (TPSA) is 109 Å². The second-order valence-corrected chi connectivity index (χ2v) is 12.8. The van der Waals surface area contributed by atoms with E-state index in [9.17, 15) is 13.2 Å². The minimum absolute atomic E-state index is 0.0694. The van der Waals surface area contributed by atoms with Gasteiger partial charge in [0, 0.05) is 45.7 Å². The fraction of sp³-hybridized carbons (Fsp3) is 0.269. The number of aldehydes is 1. The minimum Gasteiger partial charge on any atom is -0.383 e. The van der Waals surface area contributed by atoms with Crippen LogP contribution in [0.5, 0.6) is 0 Å². The molecular weight excluding hydrogens is 530 g/mol. The number of anilines is 1. The Morgan fingerprint density at radius 3 is 2.78 bits per heavy atom. The van der Waals surface area contributed by atoms with Crippen molar-refractivity contribution < 1.29 is 13.2 Å². The van der Waals surface area contributed by atoms with Crippen LogP contribution in [0.4, 0.5) is 5.82 Å². The molecule has 11 heteroatoms. The van der Waals surface area contributed by atoms with Crippen molar-refractivity contribution in [3.8, 4) is 0 Å². The summed E-state index contributed by atoms with van der Waals surface area (Å²) in [6.45, 7) is 6.56. The predicted molar refractivity (Wildman–Crippen MR) is 149 cm³/mol. The van der Waals surface area contributed by atoms with E-state index in [0.29, 0.717) is 22.3 Å². The van der Waals surface area contributed by atoms with Crippen molar-refractivity contribution in [2.24, 2.45) is 0 Å². The zero-order chi connectivity index (χ0) is 26.3. The van der Waals surface area contributed by atoms with Crippen molar-refractivity contribution in [1.82, 2.24) is 19.2 Å². The molecular formula is C26H26ClN5O3S2. The predicted octanol–water partition coefficient (Wildman–Crippen LogP) is 4.41. The first-order valence-corrected chi connectivity index (χ1v) is 14.4. The first-order chi connectivity index (χ1) is 17.7. The van der Waals surface area contributed by atoms with Gasteiger partial charge >= 0.3 is 0 Å². The number of hydrogen-bond acceptors (Lipinski definition) is 8. The van der Waals surface area contributed by atoms with Gasteiger partial charge in [0.1, 0.15) is 23.7 Å². The molecule has 4 aromatic rings. The van der Waals surface area contributed by atoms with Crippen LogP contribution in [-0.4, -0.2) is 59.1 Å². The number of hydrogen-bond donors (Lipinski definition) is 1. The van der Waals surface area contributed by atoms with Crippen LogP contribution in [0.1, 0.15) is 22.6 Å². The lowest BCUT2D eigenvalue weighted by Gasteiger charge is -2.43. The van der Waals surface area contributed by atoms with Gasteiger partial charge in [0.25, 0.3) is 0 Å². The molecule has 1 fully saturated rings. The summed E-state index contributed by atoms with van der Waals surface area (Å²) in [5, 5.41) is 1.37. The van der Waals surface area contributed by atoms with Crippen LogP contribution in [0.25, 0.3) is 21.0 Å². The summed E-state index contributed by atoms with van der Waals surface area (Å²) in [6, 6.07) is 12.3. The van der Waals surface area contributed by atoms with E-state index in [0.717, 1.165) is 32.8 Å². The Kier molecular flexibility index (Phi) is 7.03. The van der Waals surface area contributed by atoms with E-state index in [-0.39, 0.29) is 19.1 Å². The number of nitrogens with zero attached hydrogens (tertiary/aromatic N) is 4. The second-order valence-electron chi connectivity index (χ2n) is 9.18. The average molecular weight is 556 g/mol. The van der Waals surface area contributed by atoms with E-state index in [1.54, 1.807) is 6.07 Å². The van der Waals surface area contributed by atoms with Gasteiger partial charge in [0.05, 0.1) is 11.6 Å². The smallest absolute Gasteiger partial charge is 0.225 e. The van der Waals surface area contributed by atoms with E-state index in [1.165, 1.54) is 28.0 Å². The lowest BCUT2D eigenvalue weighted by Crippen LogP contribution is -2.59. The van der Waals surface area contributed by atoms with Gasteiger partial charge in [0.2, 0.25) is 10.0 Å². The molecule has 3 heterocycles. The fourth-order valence-electron chi connectivity index (χ4n) is 4.86. The number of piperazine rings is 1. The van der Waals surface area contributed by atoms with Crippen molar-refractivity contribution in [2.45, 2.75) is 30.8 Å². The number of nitrogens with two attached hydrogens (primary N) is 1. The highest BCUT2D eigenvalue weighted by Crippen LogP contribution is 2.38. The van der Waals surface area contributed by atoms with Gasteiger partial charge in [-0.05, 0) is 48.2 Å². The highest BCUT2D eigenvalue weighted by Gasteiger charge is 2.40. The van der Waals surface area contributed by atoms with Crippen LogP contribution in [0.2, 0.25) is 5.02 Å². The first-order valence-electron chi connectivity index (χ1n) is 11.7. The number of aromatic nitrogens is 2. The van der Waals surface area contributed by atoms with E-state index < -0.39 is 21.3 Å². The molecule has 0 amide bonds. The molecule has 192 valence electrons. The van der Waals surface area contributed by atoms with Crippen LogP contribution in [-0.2, 0) is 21.4 Å². The van der Waals surface area contributed by atoms with Crippen LogP contribution < -0.4 is 5.73 Å². The molecule has 5 rings (SSSR count). The molecule has 3 atom stereocenters. The molecule has 1 aliphatic rings. The first kappa shape index (κ1) is 25.7. The van der Waals surface area contributed by atoms with Crippen molar-refractivity contribution >= 4 is 66.1 Å². The number of benzene rings is 2. The third-order valence-corrected chi connectivity index (χ3v) is 10.5. The minimum atomic E-state index is -3.81. The summed E-state index contributed by atoms with van der Waals surface area (Å²) in [5.74, 6) is 0.410. The van der Waals surface area contributed by atoms with Crippen LogP contribution in [0.15, 0.2) is 61.4 Å². The number of carbonyl (C=O) groups is 1. The maximum Gasteiger partial charge on any atom is 0.225 e. The normalized spacial score (nSPS) is 20.3. The third kappa shape index (κ3) is 4.87. The lowest BCUT2D eigenvalue weighted by molar-refractivity contribution is -0.115. The largest absolute Gasteiger partial charge is 0.383 e. The Balaban J connectivity index is 1.39. The zero-order valence-electron chi connectivity index (χ0n) is 20.1. The van der Waals surface area contributed by atoms with Gasteiger partial charge in [-0.2, -0.15) is 4.31 Å². The lowest BCUT2D eigenvalue weighted by atomic mass is 10.1. The SMILES string of the molecule is C=CC(c1cc2ccc(Cl)cc2s1)S(=O)(=O)N1CC(C=O)N(Cc2ccc3c(N)ncnc3c2)[C@@H](C)C1. The van der Waals surface area contributed by atoms with Crippen molar-refractivity contribution in [3.05, 3.63) is 76.9 Å². The van der Waals surface area contributed by atoms with Crippen LogP contribution in [0.3, 0.4) is 0 Å². The highest BCUT2D eigenvalue weighted by atomic mass is 35.5.